The molecule has 2 unspecified atom stereocenters. The Kier molecular flexibility index (Phi) is 16.4. The predicted octanol–water partition coefficient (Wildman–Crippen LogP) is 4.17. The van der Waals surface area contributed by atoms with Gasteiger partial charge in [0.25, 0.3) is 11.7 Å². The van der Waals surface area contributed by atoms with E-state index in [4.69, 9.17) is 35.8 Å². The Bertz CT molecular complexity index is 2670. The van der Waals surface area contributed by atoms with Crippen molar-refractivity contribution >= 4 is 44.9 Å². The highest BCUT2D eigenvalue weighted by Gasteiger charge is 2.50. The molecule has 71 heavy (non-hydrogen) atoms. The number of ketones is 1. The van der Waals surface area contributed by atoms with Gasteiger partial charge >= 0.3 is 11.8 Å². The lowest BCUT2D eigenvalue weighted by Gasteiger charge is -2.36. The average Bonchev–Trinajstić information content (AvgIpc) is 3.81. The number of esters is 1. The topological polar surface area (TPSA) is 255 Å². The van der Waals surface area contributed by atoms with E-state index in [1.807, 2.05) is 33.8 Å². The number of piperidine rings is 1. The summed E-state index contributed by atoms with van der Waals surface area (Å²) in [7, 11) is -0.831. The first-order chi connectivity index (χ1) is 33.5. The SMILES string of the molecule is C/C1=C/C=C/[C@H](C)C[C@@H](C)[C@@H](O)[C@@H](C)C(OC(=O)CN(N)/C=C(\N)CN2CCS(=O)CC2)[C@H](C)C/C=C/OC2(C)Oc3c(C)c(O)c4c(O)c(c5c(c4c3C2=O)=NC2(CCN(CC(C)C)CC2)N=5)NC1=O. The lowest BCUT2D eigenvalue weighted by molar-refractivity contribution is -0.159. The maximum absolute atomic E-state index is 14.8. The minimum atomic E-state index is -1.92. The molecule has 1 spiro atoms. The standard InChI is InChI=1S/C52H74N8O10S/c1-29(2)25-58-17-15-52(16-18-58)56-41-38-39-45(63)35(8)48-40(38)49(65)51(9,70-48)68-21-11-14-31(4)47(69-37(61)28-60(54)27-36(53)26-59-19-22-71(67)23-20-59)34(7)44(62)33(6)24-30(3)12-10-13-32(5)50(66)55-43(46(39)64)42(41)57-52/h10-13,21,27,29-31,33-34,44,47,62-64H,14-20,22-26,28,53-54H2,1-9H3,(H,55,66)/b12-10+,21-11+,32-13-,36-27-/t30-,31+,33+,34+,44+,47?,51?/m0/s1. The highest BCUT2D eigenvalue weighted by molar-refractivity contribution is 7.85. The number of rotatable bonds is 8. The van der Waals surface area contributed by atoms with Crippen LogP contribution in [-0.2, 0) is 29.9 Å². The van der Waals surface area contributed by atoms with Gasteiger partial charge in [0.05, 0.1) is 28.7 Å². The Morgan fingerprint density at radius 1 is 1.03 bits per heavy atom. The monoisotopic (exact) mass is 1000 g/mol. The van der Waals surface area contributed by atoms with Crippen LogP contribution in [0.3, 0.4) is 0 Å². The van der Waals surface area contributed by atoms with Crippen molar-refractivity contribution in [2.24, 2.45) is 51.2 Å². The minimum Gasteiger partial charge on any atom is -0.507 e. The number of nitrogens with two attached hydrogens (primary N) is 2. The molecule has 6 aliphatic rings. The molecule has 18 nitrogen and oxygen atoms in total. The van der Waals surface area contributed by atoms with E-state index in [9.17, 15) is 33.9 Å². The third-order valence-corrected chi connectivity index (χ3v) is 15.8. The second kappa shape index (κ2) is 21.8. The quantitative estimate of drug-likeness (QED) is 0.0940. The van der Waals surface area contributed by atoms with Crippen LogP contribution in [0.4, 0.5) is 5.69 Å². The van der Waals surface area contributed by atoms with Crippen LogP contribution in [0.1, 0.15) is 97.0 Å². The number of aromatic hydroxyl groups is 2. The fraction of sp³-hybridized carbons (Fsp3) is 0.596. The summed E-state index contributed by atoms with van der Waals surface area (Å²) in [5.74, 6) is 2.24. The molecule has 0 saturated carbocycles. The van der Waals surface area contributed by atoms with E-state index >= 15 is 0 Å². The lowest BCUT2D eigenvalue weighted by Crippen LogP contribution is -2.43. The molecule has 7 atom stereocenters. The number of aliphatic hydroxyl groups is 1. The maximum atomic E-state index is 14.8. The summed E-state index contributed by atoms with van der Waals surface area (Å²) in [6.07, 6.45) is 10.2. The summed E-state index contributed by atoms with van der Waals surface area (Å²) in [6, 6.07) is 0. The molecule has 0 radical (unpaired) electrons. The molecule has 8 N–H and O–H groups in total. The summed E-state index contributed by atoms with van der Waals surface area (Å²) >= 11 is 0. The smallest absolute Gasteiger partial charge is 0.327 e. The first kappa shape index (κ1) is 53.5. The third kappa shape index (κ3) is 11.6. The number of hydrazine groups is 1. The van der Waals surface area contributed by atoms with E-state index in [0.29, 0.717) is 87.1 Å². The third-order valence-electron chi connectivity index (χ3n) is 14.5. The number of fused-ring (bicyclic) bond motifs is 13. The van der Waals surface area contributed by atoms with Gasteiger partial charge in [-0.25, -0.2) is 5.84 Å². The molecule has 388 valence electrons. The van der Waals surface area contributed by atoms with Gasteiger partial charge in [0.2, 0.25) is 0 Å². The molecule has 2 saturated heterocycles. The number of nitrogens with one attached hydrogen (secondary N) is 1. The highest BCUT2D eigenvalue weighted by atomic mass is 32.2. The molecule has 5 bridgehead atoms. The zero-order valence-corrected chi connectivity index (χ0v) is 43.5. The largest absolute Gasteiger partial charge is 0.507 e. The van der Waals surface area contributed by atoms with Gasteiger partial charge in [-0.3, -0.25) is 33.5 Å². The van der Waals surface area contributed by atoms with Crippen LogP contribution in [0.5, 0.6) is 17.2 Å². The summed E-state index contributed by atoms with van der Waals surface area (Å²) in [6.45, 7) is 20.4. The molecule has 0 aliphatic carbocycles. The van der Waals surface area contributed by atoms with Crippen molar-refractivity contribution in [2.75, 3.05) is 62.6 Å². The van der Waals surface area contributed by atoms with Gasteiger partial charge in [-0.05, 0) is 56.4 Å². The van der Waals surface area contributed by atoms with E-state index in [-0.39, 0.29) is 74.1 Å². The Morgan fingerprint density at radius 2 is 1.70 bits per heavy atom. The first-order valence-corrected chi connectivity index (χ1v) is 26.4. The lowest BCUT2D eigenvalue weighted by atomic mass is 9.80. The van der Waals surface area contributed by atoms with Gasteiger partial charge in [-0.1, -0.05) is 59.8 Å². The summed E-state index contributed by atoms with van der Waals surface area (Å²) in [5, 5.41) is 40.5. The van der Waals surface area contributed by atoms with E-state index in [1.165, 1.54) is 24.4 Å². The van der Waals surface area contributed by atoms with Crippen molar-refractivity contribution in [3.05, 3.63) is 69.9 Å². The fourth-order valence-electron chi connectivity index (χ4n) is 10.5. The second-order valence-corrected chi connectivity index (χ2v) is 22.7. The van der Waals surface area contributed by atoms with E-state index in [1.54, 1.807) is 32.1 Å². The van der Waals surface area contributed by atoms with Crippen LogP contribution >= 0.6 is 0 Å². The van der Waals surface area contributed by atoms with Crippen LogP contribution < -0.4 is 32.3 Å². The molecule has 19 heteroatoms. The molecule has 2 aromatic rings. The molecular weight excluding hydrogens is 929 g/mol. The Balaban J connectivity index is 1.23. The average molecular weight is 1000 g/mol. The van der Waals surface area contributed by atoms with Gasteiger partial charge in [-0.2, -0.15) is 0 Å². The van der Waals surface area contributed by atoms with Crippen molar-refractivity contribution in [3.63, 3.8) is 0 Å². The van der Waals surface area contributed by atoms with Gasteiger partial charge in [0.15, 0.2) is 11.4 Å². The number of hydrogen-bond donors (Lipinski definition) is 6. The van der Waals surface area contributed by atoms with Gasteiger partial charge in [0.1, 0.15) is 35.2 Å². The first-order valence-electron chi connectivity index (χ1n) is 24.9. The number of carbonyl (C=O) groups excluding carboxylic acids is 3. The fourth-order valence-corrected chi connectivity index (χ4v) is 11.7. The maximum Gasteiger partial charge on any atom is 0.327 e. The van der Waals surface area contributed by atoms with E-state index in [0.717, 1.165) is 6.54 Å². The van der Waals surface area contributed by atoms with Crippen LogP contribution in [0.15, 0.2) is 58.0 Å². The molecule has 0 aromatic heterocycles. The van der Waals surface area contributed by atoms with Crippen LogP contribution in [0.25, 0.3) is 10.8 Å². The normalized spacial score (nSPS) is 29.7. The number of anilines is 1. The van der Waals surface area contributed by atoms with Gasteiger partial charge < -0.3 is 50.5 Å². The zero-order valence-electron chi connectivity index (χ0n) is 42.7. The van der Waals surface area contributed by atoms with Crippen LogP contribution in [0.2, 0.25) is 0 Å². The summed E-state index contributed by atoms with van der Waals surface area (Å²) in [5.41, 5.74) is 6.30. The number of aliphatic hydroxyl groups excluding tert-OH is 1. The number of ether oxygens (including phenoxy) is 3. The Labute approximate surface area is 419 Å². The van der Waals surface area contributed by atoms with Crippen molar-refractivity contribution in [1.29, 1.82) is 0 Å². The number of Topliss-reactive ketones (excluding diaryl/α,β-unsaturated/α-hetero) is 1. The summed E-state index contributed by atoms with van der Waals surface area (Å²) in [4.78, 5) is 57.3. The second-order valence-electron chi connectivity index (χ2n) is 21.0. The number of phenols is 2. The number of carbonyl (C=O) groups is 3. The number of likely N-dealkylation sites (tertiary alicyclic amines) is 1. The van der Waals surface area contributed by atoms with E-state index in [2.05, 4.69) is 29.0 Å². The Hall–Kier alpha value is -5.34. The number of benzene rings is 2. The van der Waals surface area contributed by atoms with Crippen LogP contribution in [0, 0.1) is 36.5 Å². The van der Waals surface area contributed by atoms with Crippen LogP contribution in [-0.4, -0.2) is 133 Å². The van der Waals surface area contributed by atoms with Gasteiger partial charge in [-0.15, -0.1) is 0 Å². The number of amides is 1. The number of allylic oxidation sites excluding steroid dienone is 4. The molecule has 2 fully saturated rings. The van der Waals surface area contributed by atoms with E-state index < -0.39 is 63.8 Å². The van der Waals surface area contributed by atoms with Crippen molar-refractivity contribution in [1.82, 2.24) is 14.8 Å². The zero-order chi connectivity index (χ0) is 51.7. The van der Waals surface area contributed by atoms with Gasteiger partial charge in [0, 0.05) is 116 Å². The molecular formula is C52H74N8O10S. The molecule has 1 amide bonds. The van der Waals surface area contributed by atoms with Crippen molar-refractivity contribution < 1.29 is 48.1 Å². The minimum absolute atomic E-state index is 0.0216. The van der Waals surface area contributed by atoms with Crippen molar-refractivity contribution in [3.8, 4) is 17.2 Å². The number of hydrogen-bond acceptors (Lipinski definition) is 17. The molecule has 6 aliphatic heterocycles. The number of nitrogens with zero attached hydrogens (tertiary/aromatic N) is 5. The molecule has 6 heterocycles. The number of phenolic OH excluding ortho intramolecular Hbond substituents is 2. The summed E-state index contributed by atoms with van der Waals surface area (Å²) < 4.78 is 30.5. The Morgan fingerprint density at radius 3 is 2.38 bits per heavy atom. The highest BCUT2D eigenvalue weighted by Crippen LogP contribution is 2.50. The molecule has 2 aromatic carbocycles. The predicted molar refractivity (Wildman–Crippen MR) is 272 cm³/mol. The van der Waals surface area contributed by atoms with Crippen molar-refractivity contribution in [2.45, 2.75) is 112 Å². The molecule has 8 rings (SSSR count).